The first kappa shape index (κ1) is 12.1. The van der Waals surface area contributed by atoms with Crippen molar-refractivity contribution in [2.24, 2.45) is 0 Å². The molecule has 0 bridgehead atoms. The number of fused-ring (bicyclic) bond motifs is 1. The van der Waals surface area contributed by atoms with Crippen molar-refractivity contribution in [3.8, 4) is 0 Å². The number of nitrogens with one attached hydrogen (secondary N) is 2. The second kappa shape index (κ2) is 5.38. The van der Waals surface area contributed by atoms with Crippen molar-refractivity contribution in [3.05, 3.63) is 21.4 Å². The second-order valence-corrected chi connectivity index (χ2v) is 6.04. The summed E-state index contributed by atoms with van der Waals surface area (Å²) in [5.74, 6) is 0.0447. The van der Waals surface area contributed by atoms with Crippen molar-refractivity contribution in [2.45, 2.75) is 31.8 Å². The first-order valence-electron chi connectivity index (χ1n) is 6.52. The van der Waals surface area contributed by atoms with Crippen molar-refractivity contribution >= 4 is 17.2 Å². The summed E-state index contributed by atoms with van der Waals surface area (Å²) in [5, 5.41) is 6.15. The van der Waals surface area contributed by atoms with E-state index in [0.29, 0.717) is 19.8 Å². The van der Waals surface area contributed by atoms with E-state index >= 15 is 0 Å². The van der Waals surface area contributed by atoms with Gasteiger partial charge in [0.2, 0.25) is 5.91 Å². The Bertz CT molecular complexity index is 417. The highest BCUT2D eigenvalue weighted by Gasteiger charge is 2.21. The summed E-state index contributed by atoms with van der Waals surface area (Å²) in [6.45, 7) is 2.58. The topological polar surface area (TPSA) is 50.4 Å². The fraction of sp³-hybridized carbons (Fsp3) is 0.615. The maximum absolute atomic E-state index is 11.9. The molecule has 1 atom stereocenters. The zero-order chi connectivity index (χ0) is 12.4. The van der Waals surface area contributed by atoms with Crippen LogP contribution in [0.5, 0.6) is 0 Å². The Labute approximate surface area is 111 Å². The minimum absolute atomic E-state index is 0.0447. The van der Waals surface area contributed by atoms with Crippen LogP contribution in [0.3, 0.4) is 0 Å². The van der Waals surface area contributed by atoms with Crippen LogP contribution in [-0.4, -0.2) is 31.7 Å². The van der Waals surface area contributed by atoms with E-state index in [1.54, 1.807) is 0 Å². The summed E-state index contributed by atoms with van der Waals surface area (Å²) in [4.78, 5) is 14.7. The molecule has 0 radical (unpaired) electrons. The Morgan fingerprint density at radius 1 is 1.56 bits per heavy atom. The van der Waals surface area contributed by atoms with E-state index in [1.807, 2.05) is 11.3 Å². The molecule has 18 heavy (non-hydrogen) atoms. The zero-order valence-electron chi connectivity index (χ0n) is 10.3. The molecule has 4 nitrogen and oxygen atoms in total. The molecular formula is C13H18N2O2S. The van der Waals surface area contributed by atoms with Crippen molar-refractivity contribution in [2.75, 3.05) is 19.8 Å². The molecule has 0 spiro atoms. The maximum atomic E-state index is 11.9. The molecule has 1 unspecified atom stereocenters. The molecule has 5 heteroatoms. The summed E-state index contributed by atoms with van der Waals surface area (Å²) in [7, 11) is 0. The van der Waals surface area contributed by atoms with Crippen LogP contribution in [0.1, 0.15) is 21.7 Å². The largest absolute Gasteiger partial charge is 0.378 e. The second-order valence-electron chi connectivity index (χ2n) is 4.81. The molecule has 0 aromatic carbocycles. The number of thiophene rings is 1. The molecule has 98 valence electrons. The number of carbonyl (C=O) groups is 1. The van der Waals surface area contributed by atoms with E-state index in [-0.39, 0.29) is 11.9 Å². The van der Waals surface area contributed by atoms with Crippen LogP contribution < -0.4 is 10.6 Å². The van der Waals surface area contributed by atoms with Gasteiger partial charge in [-0.3, -0.25) is 4.79 Å². The highest BCUT2D eigenvalue weighted by Crippen LogP contribution is 2.30. The molecular weight excluding hydrogens is 248 g/mol. The van der Waals surface area contributed by atoms with E-state index < -0.39 is 0 Å². The predicted octanol–water partition coefficient (Wildman–Crippen LogP) is 0.841. The normalized spacial score (nSPS) is 22.8. The van der Waals surface area contributed by atoms with Gasteiger partial charge < -0.3 is 15.4 Å². The molecule has 1 aromatic heterocycles. The van der Waals surface area contributed by atoms with E-state index in [1.165, 1.54) is 34.6 Å². The average Bonchev–Trinajstić information content (AvgIpc) is 2.97. The highest BCUT2D eigenvalue weighted by molar-refractivity contribution is 7.12. The molecule has 2 N–H and O–H groups in total. The van der Waals surface area contributed by atoms with Crippen LogP contribution in [-0.2, 0) is 28.9 Å². The number of morpholine rings is 1. The van der Waals surface area contributed by atoms with E-state index in [4.69, 9.17) is 4.74 Å². The Morgan fingerprint density at radius 2 is 2.50 bits per heavy atom. The fourth-order valence-electron chi connectivity index (χ4n) is 2.51. The van der Waals surface area contributed by atoms with Gasteiger partial charge in [-0.25, -0.2) is 0 Å². The number of ether oxygens (including phenoxy) is 1. The minimum Gasteiger partial charge on any atom is -0.378 e. The molecule has 1 aliphatic carbocycles. The van der Waals surface area contributed by atoms with Crippen molar-refractivity contribution in [1.82, 2.24) is 10.6 Å². The summed E-state index contributed by atoms with van der Waals surface area (Å²) in [5.41, 5.74) is 1.49. The molecule has 1 aliphatic heterocycles. The summed E-state index contributed by atoms with van der Waals surface area (Å²) < 4.78 is 5.28. The third-order valence-corrected chi connectivity index (χ3v) is 4.71. The summed E-state index contributed by atoms with van der Waals surface area (Å²) >= 11 is 1.84. The Kier molecular flexibility index (Phi) is 3.63. The lowest BCUT2D eigenvalue weighted by atomic mass is 10.2. The SMILES string of the molecule is O=C(NCc1cc2c(s1)CCC2)C1COCCN1. The molecule has 2 aliphatic rings. The van der Waals surface area contributed by atoms with Gasteiger partial charge in [0.05, 0.1) is 19.8 Å². The number of aryl methyl sites for hydroxylation is 2. The zero-order valence-corrected chi connectivity index (χ0v) is 11.1. The van der Waals surface area contributed by atoms with Gasteiger partial charge in [-0.1, -0.05) is 0 Å². The van der Waals surface area contributed by atoms with Crippen LogP contribution >= 0.6 is 11.3 Å². The standard InChI is InChI=1S/C13H18N2O2S/c16-13(11-8-17-5-4-14-11)15-7-10-6-9-2-1-3-12(9)18-10/h6,11,14H,1-5,7-8H2,(H,15,16). The lowest BCUT2D eigenvalue weighted by molar-refractivity contribution is -0.126. The molecule has 3 rings (SSSR count). The van der Waals surface area contributed by atoms with Gasteiger partial charge in [-0.05, 0) is 30.9 Å². The van der Waals surface area contributed by atoms with Crippen molar-refractivity contribution in [3.63, 3.8) is 0 Å². The number of rotatable bonds is 3. The van der Waals surface area contributed by atoms with Crippen molar-refractivity contribution < 1.29 is 9.53 Å². The summed E-state index contributed by atoms with van der Waals surface area (Å²) in [6, 6.07) is 2.06. The summed E-state index contributed by atoms with van der Waals surface area (Å²) in [6.07, 6.45) is 3.71. The number of carbonyl (C=O) groups excluding carboxylic acids is 1. The Balaban J connectivity index is 1.52. The number of hydrogen-bond donors (Lipinski definition) is 2. The molecule has 0 saturated carbocycles. The van der Waals surface area contributed by atoms with Gasteiger partial charge >= 0.3 is 0 Å². The lowest BCUT2D eigenvalue weighted by Crippen LogP contribution is -2.50. The van der Waals surface area contributed by atoms with Crippen LogP contribution in [0.4, 0.5) is 0 Å². The molecule has 2 heterocycles. The Hall–Kier alpha value is -0.910. The lowest BCUT2D eigenvalue weighted by Gasteiger charge is -2.22. The van der Waals surface area contributed by atoms with Crippen LogP contribution in [0, 0.1) is 0 Å². The predicted molar refractivity (Wildman–Crippen MR) is 70.8 cm³/mol. The van der Waals surface area contributed by atoms with E-state index in [0.717, 1.165) is 6.54 Å². The van der Waals surface area contributed by atoms with Gasteiger partial charge in [0.15, 0.2) is 0 Å². The monoisotopic (exact) mass is 266 g/mol. The van der Waals surface area contributed by atoms with Gasteiger partial charge in [0.1, 0.15) is 6.04 Å². The van der Waals surface area contributed by atoms with E-state index in [2.05, 4.69) is 16.7 Å². The van der Waals surface area contributed by atoms with Gasteiger partial charge in [-0.15, -0.1) is 11.3 Å². The van der Waals surface area contributed by atoms with Crippen LogP contribution in [0.25, 0.3) is 0 Å². The third kappa shape index (κ3) is 2.58. The quantitative estimate of drug-likeness (QED) is 0.852. The van der Waals surface area contributed by atoms with Gasteiger partial charge in [0.25, 0.3) is 0 Å². The third-order valence-electron chi connectivity index (χ3n) is 3.47. The minimum atomic E-state index is -0.189. The molecule has 1 fully saturated rings. The van der Waals surface area contributed by atoms with E-state index in [9.17, 15) is 4.79 Å². The van der Waals surface area contributed by atoms with Crippen molar-refractivity contribution in [1.29, 1.82) is 0 Å². The Morgan fingerprint density at radius 3 is 3.28 bits per heavy atom. The fourth-order valence-corrected chi connectivity index (χ4v) is 3.71. The van der Waals surface area contributed by atoms with Gasteiger partial charge in [0, 0.05) is 16.3 Å². The molecule has 1 amide bonds. The van der Waals surface area contributed by atoms with Gasteiger partial charge in [-0.2, -0.15) is 0 Å². The first-order chi connectivity index (χ1) is 8.83. The first-order valence-corrected chi connectivity index (χ1v) is 7.34. The number of amides is 1. The smallest absolute Gasteiger partial charge is 0.239 e. The number of hydrogen-bond acceptors (Lipinski definition) is 4. The van der Waals surface area contributed by atoms with Crippen LogP contribution in [0.15, 0.2) is 6.07 Å². The molecule has 1 aromatic rings. The average molecular weight is 266 g/mol. The molecule has 1 saturated heterocycles. The highest BCUT2D eigenvalue weighted by atomic mass is 32.1. The maximum Gasteiger partial charge on any atom is 0.239 e. The van der Waals surface area contributed by atoms with Crippen LogP contribution in [0.2, 0.25) is 0 Å².